The van der Waals surface area contributed by atoms with Crippen molar-refractivity contribution in [2.45, 2.75) is 0 Å². The lowest BCUT2D eigenvalue weighted by Gasteiger charge is -2.04. The van der Waals surface area contributed by atoms with Crippen molar-refractivity contribution in [1.29, 1.82) is 0 Å². The molecule has 0 saturated carbocycles. The molecule has 0 atom stereocenters. The molecule has 1 heterocycles. The molecule has 3 heteroatoms. The van der Waals surface area contributed by atoms with E-state index < -0.39 is 0 Å². The Morgan fingerprint density at radius 1 is 0.778 bits per heavy atom. The summed E-state index contributed by atoms with van der Waals surface area (Å²) in [6.45, 7) is 0. The zero-order chi connectivity index (χ0) is 12.5. The van der Waals surface area contributed by atoms with E-state index >= 15 is 0 Å². The predicted octanol–water partition coefficient (Wildman–Crippen LogP) is 3.31. The molecule has 2 N–H and O–H groups in total. The monoisotopic (exact) mass is 237 g/mol. The number of pyridine rings is 1. The Morgan fingerprint density at radius 3 is 2.44 bits per heavy atom. The van der Waals surface area contributed by atoms with E-state index in [-0.39, 0.29) is 11.5 Å². The Bertz CT molecular complexity index is 723. The highest BCUT2D eigenvalue weighted by Crippen LogP contribution is 2.30. The van der Waals surface area contributed by atoms with Crippen LogP contribution >= 0.6 is 0 Å². The second-order valence-electron chi connectivity index (χ2n) is 4.09. The van der Waals surface area contributed by atoms with Crippen LogP contribution < -0.4 is 0 Å². The highest BCUT2D eigenvalue weighted by molar-refractivity contribution is 5.81. The van der Waals surface area contributed by atoms with Gasteiger partial charge in [-0.3, -0.25) is 0 Å². The minimum Gasteiger partial charge on any atom is -0.504 e. The fraction of sp³-hybridized carbons (Fsp3) is 0. The third kappa shape index (κ3) is 1.76. The number of phenols is 2. The molecular formula is C15H11NO2. The first-order valence-corrected chi connectivity index (χ1v) is 5.62. The summed E-state index contributed by atoms with van der Waals surface area (Å²) >= 11 is 0. The van der Waals surface area contributed by atoms with Crippen molar-refractivity contribution in [3.05, 3.63) is 54.6 Å². The van der Waals surface area contributed by atoms with E-state index in [2.05, 4.69) is 4.98 Å². The molecule has 3 aromatic rings. The molecule has 0 fully saturated rings. The Kier molecular flexibility index (Phi) is 2.38. The van der Waals surface area contributed by atoms with Crippen LogP contribution in [0.5, 0.6) is 11.5 Å². The van der Waals surface area contributed by atoms with Gasteiger partial charge in [0.05, 0.1) is 11.2 Å². The minimum absolute atomic E-state index is 0.125. The smallest absolute Gasteiger partial charge is 0.158 e. The summed E-state index contributed by atoms with van der Waals surface area (Å²) in [5.74, 6) is -0.262. The molecule has 0 unspecified atom stereocenters. The van der Waals surface area contributed by atoms with Crippen molar-refractivity contribution in [2.24, 2.45) is 0 Å². The number of nitrogens with zero attached hydrogens (tertiary/aromatic N) is 1. The van der Waals surface area contributed by atoms with E-state index in [0.717, 1.165) is 22.2 Å². The number of fused-ring (bicyclic) bond motifs is 1. The molecule has 18 heavy (non-hydrogen) atoms. The molecule has 88 valence electrons. The van der Waals surface area contributed by atoms with Gasteiger partial charge in [0.15, 0.2) is 11.5 Å². The van der Waals surface area contributed by atoms with Gasteiger partial charge in [0.2, 0.25) is 0 Å². The van der Waals surface area contributed by atoms with Crippen LogP contribution in [0.3, 0.4) is 0 Å². The van der Waals surface area contributed by atoms with Crippen molar-refractivity contribution in [3.8, 4) is 22.8 Å². The predicted molar refractivity (Wildman–Crippen MR) is 70.5 cm³/mol. The number of phenolic OH excluding ortho intramolecular Hbond substituents is 2. The summed E-state index contributed by atoms with van der Waals surface area (Å²) in [6, 6.07) is 16.4. The number of rotatable bonds is 1. The van der Waals surface area contributed by atoms with E-state index in [0.29, 0.717) is 0 Å². The first-order chi connectivity index (χ1) is 8.74. The Labute approximate surface area is 104 Å². The van der Waals surface area contributed by atoms with Gasteiger partial charge in [0.1, 0.15) is 0 Å². The zero-order valence-corrected chi connectivity index (χ0v) is 9.54. The first-order valence-electron chi connectivity index (χ1n) is 5.62. The maximum absolute atomic E-state index is 9.50. The highest BCUT2D eigenvalue weighted by atomic mass is 16.3. The molecule has 2 aromatic carbocycles. The number of hydrogen-bond donors (Lipinski definition) is 2. The molecule has 0 aliphatic heterocycles. The van der Waals surface area contributed by atoms with Crippen LogP contribution in [0.2, 0.25) is 0 Å². The van der Waals surface area contributed by atoms with Crippen molar-refractivity contribution in [3.63, 3.8) is 0 Å². The fourth-order valence-corrected chi connectivity index (χ4v) is 1.91. The van der Waals surface area contributed by atoms with Crippen molar-refractivity contribution in [1.82, 2.24) is 4.98 Å². The lowest BCUT2D eigenvalue weighted by molar-refractivity contribution is 0.404. The number of aromatic hydroxyl groups is 2. The second-order valence-corrected chi connectivity index (χ2v) is 4.09. The summed E-state index contributed by atoms with van der Waals surface area (Å²) in [4.78, 5) is 4.52. The van der Waals surface area contributed by atoms with Crippen molar-refractivity contribution in [2.75, 3.05) is 0 Å². The molecule has 3 rings (SSSR count). The van der Waals surface area contributed by atoms with Gasteiger partial charge in [-0.15, -0.1) is 0 Å². The Hall–Kier alpha value is -2.55. The van der Waals surface area contributed by atoms with Gasteiger partial charge >= 0.3 is 0 Å². The summed E-state index contributed by atoms with van der Waals surface area (Å²) in [7, 11) is 0. The molecule has 0 aliphatic rings. The lowest BCUT2D eigenvalue weighted by atomic mass is 10.1. The summed E-state index contributed by atoms with van der Waals surface area (Å²) < 4.78 is 0. The maximum atomic E-state index is 9.50. The van der Waals surface area contributed by atoms with Crippen LogP contribution in [0, 0.1) is 0 Å². The van der Waals surface area contributed by atoms with E-state index in [9.17, 15) is 10.2 Å². The van der Waals surface area contributed by atoms with E-state index in [1.54, 1.807) is 6.07 Å². The Morgan fingerprint density at radius 2 is 1.61 bits per heavy atom. The summed E-state index contributed by atoms with van der Waals surface area (Å²) in [5.41, 5.74) is 2.45. The second kappa shape index (κ2) is 4.04. The van der Waals surface area contributed by atoms with Gasteiger partial charge in [-0.2, -0.15) is 0 Å². The first kappa shape index (κ1) is 10.6. The quantitative estimate of drug-likeness (QED) is 0.638. The normalized spacial score (nSPS) is 10.7. The van der Waals surface area contributed by atoms with E-state index in [1.807, 2.05) is 36.4 Å². The molecule has 0 spiro atoms. The maximum Gasteiger partial charge on any atom is 0.158 e. The van der Waals surface area contributed by atoms with Gasteiger partial charge in [0, 0.05) is 10.9 Å². The Balaban J connectivity index is 2.16. The van der Waals surface area contributed by atoms with Gasteiger partial charge in [-0.1, -0.05) is 24.3 Å². The van der Waals surface area contributed by atoms with Crippen molar-refractivity contribution >= 4 is 10.9 Å². The van der Waals surface area contributed by atoms with Crippen LogP contribution in [0.1, 0.15) is 0 Å². The fourth-order valence-electron chi connectivity index (χ4n) is 1.91. The van der Waals surface area contributed by atoms with Gasteiger partial charge in [0.25, 0.3) is 0 Å². The van der Waals surface area contributed by atoms with Gasteiger partial charge in [-0.05, 0) is 30.3 Å². The zero-order valence-electron chi connectivity index (χ0n) is 9.54. The van der Waals surface area contributed by atoms with Gasteiger partial charge in [-0.25, -0.2) is 4.98 Å². The number of para-hydroxylation sites is 1. The average molecular weight is 237 g/mol. The van der Waals surface area contributed by atoms with E-state index in [1.165, 1.54) is 12.1 Å². The lowest BCUT2D eigenvalue weighted by Crippen LogP contribution is -1.85. The number of hydrogen-bond acceptors (Lipinski definition) is 3. The molecule has 0 saturated heterocycles. The van der Waals surface area contributed by atoms with Crippen LogP contribution in [0.4, 0.5) is 0 Å². The molecule has 3 nitrogen and oxygen atoms in total. The highest BCUT2D eigenvalue weighted by Gasteiger charge is 2.05. The molecule has 0 radical (unpaired) electrons. The third-order valence-corrected chi connectivity index (χ3v) is 2.87. The topological polar surface area (TPSA) is 53.4 Å². The summed E-state index contributed by atoms with van der Waals surface area (Å²) in [6.07, 6.45) is 0. The molecule has 0 aliphatic carbocycles. The number of aromatic nitrogens is 1. The van der Waals surface area contributed by atoms with Crippen LogP contribution in [-0.2, 0) is 0 Å². The molecule has 0 bridgehead atoms. The standard InChI is InChI=1S/C15H11NO2/c17-14-8-6-11(9-15(14)18)13-7-5-10-3-1-2-4-12(10)16-13/h1-9,17-18H. The van der Waals surface area contributed by atoms with Gasteiger partial charge < -0.3 is 10.2 Å². The number of benzene rings is 2. The van der Waals surface area contributed by atoms with E-state index in [4.69, 9.17) is 0 Å². The summed E-state index contributed by atoms with van der Waals surface area (Å²) in [5, 5.41) is 19.9. The molecule has 1 aromatic heterocycles. The minimum atomic E-state index is -0.137. The molecular weight excluding hydrogens is 226 g/mol. The SMILES string of the molecule is Oc1ccc(-c2ccc3ccccc3n2)cc1O. The van der Waals surface area contributed by atoms with Crippen LogP contribution in [-0.4, -0.2) is 15.2 Å². The average Bonchev–Trinajstić information content (AvgIpc) is 2.41. The van der Waals surface area contributed by atoms with Crippen molar-refractivity contribution < 1.29 is 10.2 Å². The third-order valence-electron chi connectivity index (χ3n) is 2.87. The van der Waals surface area contributed by atoms with Crippen LogP contribution in [0.25, 0.3) is 22.2 Å². The van der Waals surface area contributed by atoms with Crippen LogP contribution in [0.15, 0.2) is 54.6 Å². The largest absolute Gasteiger partial charge is 0.504 e. The molecule has 0 amide bonds.